The van der Waals surface area contributed by atoms with Gasteiger partial charge in [0.15, 0.2) is 0 Å². The topological polar surface area (TPSA) is 21.6 Å². The molecule has 0 aromatic heterocycles. The van der Waals surface area contributed by atoms with E-state index in [-0.39, 0.29) is 0 Å². The molecule has 0 amide bonds. The van der Waals surface area contributed by atoms with Gasteiger partial charge < -0.3 is 4.74 Å². The van der Waals surface area contributed by atoms with Crippen LogP contribution in [0, 0.1) is 20.8 Å². The molecule has 28 heavy (non-hydrogen) atoms. The van der Waals surface area contributed by atoms with Gasteiger partial charge in [-0.3, -0.25) is 0 Å². The highest BCUT2D eigenvalue weighted by Gasteiger charge is 2.03. The summed E-state index contributed by atoms with van der Waals surface area (Å²) < 4.78 is 6.06. The van der Waals surface area contributed by atoms with Crippen molar-refractivity contribution in [2.75, 3.05) is 0 Å². The zero-order chi connectivity index (χ0) is 19.9. The maximum absolute atomic E-state index is 6.06. The maximum Gasteiger partial charge on any atom is 0.220 e. The van der Waals surface area contributed by atoms with Gasteiger partial charge in [-0.25, -0.2) is 4.99 Å². The summed E-state index contributed by atoms with van der Waals surface area (Å²) in [4.78, 5) is 5.80. The first kappa shape index (κ1) is 20.2. The van der Waals surface area contributed by atoms with Gasteiger partial charge in [-0.15, -0.1) is 0 Å². The third kappa shape index (κ3) is 6.01. The van der Waals surface area contributed by atoms with E-state index in [1.165, 1.54) is 11.1 Å². The number of rotatable bonds is 5. The molecule has 0 bridgehead atoms. The molecule has 0 unspecified atom stereocenters. The van der Waals surface area contributed by atoms with Crippen molar-refractivity contribution in [3.63, 3.8) is 0 Å². The molecular formula is C24H22ClNOS. The fourth-order valence-corrected chi connectivity index (χ4v) is 3.26. The highest BCUT2D eigenvalue weighted by molar-refractivity contribution is 8.02. The second-order valence-electron chi connectivity index (χ2n) is 6.51. The molecule has 0 heterocycles. The summed E-state index contributed by atoms with van der Waals surface area (Å²) in [5.41, 5.74) is 4.46. The first-order chi connectivity index (χ1) is 13.5. The van der Waals surface area contributed by atoms with Crippen LogP contribution in [0.4, 0.5) is 5.69 Å². The molecule has 142 valence electrons. The standard InChI is InChI=1S/C24H22ClNOS/c1-17-5-4-6-22(15-17)27-24(26-21-10-7-18(2)19(3)16-21)13-14-28-23-11-8-20(25)9-12-23/h4-16H,1-3H3. The van der Waals surface area contributed by atoms with Crippen LogP contribution < -0.4 is 4.74 Å². The Balaban J connectivity index is 1.84. The van der Waals surface area contributed by atoms with Gasteiger partial charge in [-0.05, 0) is 91.4 Å². The minimum atomic E-state index is 0.537. The molecule has 0 aliphatic carbocycles. The molecule has 3 aromatic carbocycles. The lowest BCUT2D eigenvalue weighted by molar-refractivity contribution is 0.555. The number of thioether (sulfide) groups is 1. The van der Waals surface area contributed by atoms with Crippen molar-refractivity contribution in [1.82, 2.24) is 0 Å². The van der Waals surface area contributed by atoms with Crippen molar-refractivity contribution in [3.8, 4) is 5.75 Å². The van der Waals surface area contributed by atoms with E-state index >= 15 is 0 Å². The number of aryl methyl sites for hydroxylation is 3. The fraction of sp³-hybridized carbons (Fsp3) is 0.125. The smallest absolute Gasteiger partial charge is 0.220 e. The molecule has 0 N–H and O–H groups in total. The minimum absolute atomic E-state index is 0.537. The van der Waals surface area contributed by atoms with Gasteiger partial charge in [-0.2, -0.15) is 0 Å². The molecule has 3 rings (SSSR count). The zero-order valence-electron chi connectivity index (χ0n) is 16.1. The number of nitrogens with zero attached hydrogens (tertiary/aromatic N) is 1. The Kier molecular flexibility index (Phi) is 6.96. The van der Waals surface area contributed by atoms with E-state index < -0.39 is 0 Å². The quantitative estimate of drug-likeness (QED) is 0.245. The van der Waals surface area contributed by atoms with Gasteiger partial charge in [0, 0.05) is 16.0 Å². The lowest BCUT2D eigenvalue weighted by Crippen LogP contribution is -2.04. The van der Waals surface area contributed by atoms with Crippen LogP contribution >= 0.6 is 23.4 Å². The average molecular weight is 408 g/mol. The van der Waals surface area contributed by atoms with Gasteiger partial charge in [-0.1, -0.05) is 41.6 Å². The van der Waals surface area contributed by atoms with Crippen LogP contribution in [0.5, 0.6) is 5.75 Å². The number of benzene rings is 3. The summed E-state index contributed by atoms with van der Waals surface area (Å²) in [6, 6.07) is 21.8. The second-order valence-corrected chi connectivity index (χ2v) is 7.93. The third-order valence-electron chi connectivity index (χ3n) is 4.17. The Bertz CT molecular complexity index is 1010. The van der Waals surface area contributed by atoms with Crippen molar-refractivity contribution in [1.29, 1.82) is 0 Å². The maximum atomic E-state index is 6.06. The highest BCUT2D eigenvalue weighted by Crippen LogP contribution is 2.23. The molecular weight excluding hydrogens is 386 g/mol. The summed E-state index contributed by atoms with van der Waals surface area (Å²) in [6.07, 6.45) is 1.89. The first-order valence-corrected chi connectivity index (χ1v) is 10.2. The first-order valence-electron chi connectivity index (χ1n) is 8.99. The number of hydrogen-bond donors (Lipinski definition) is 0. The van der Waals surface area contributed by atoms with Gasteiger partial charge in [0.2, 0.25) is 5.90 Å². The summed E-state index contributed by atoms with van der Waals surface area (Å²) in [6.45, 7) is 6.22. The average Bonchev–Trinajstić information content (AvgIpc) is 2.66. The zero-order valence-corrected chi connectivity index (χ0v) is 17.7. The third-order valence-corrected chi connectivity index (χ3v) is 5.24. The SMILES string of the molecule is Cc1cccc(OC(C=CSc2ccc(Cl)cc2)=Nc2ccc(C)c(C)c2)c1. The molecule has 3 aromatic rings. The molecule has 0 aliphatic heterocycles. The van der Waals surface area contributed by atoms with Gasteiger partial charge in [0.25, 0.3) is 0 Å². The molecule has 0 fully saturated rings. The lowest BCUT2D eigenvalue weighted by Gasteiger charge is -2.07. The molecule has 0 saturated heterocycles. The van der Waals surface area contributed by atoms with E-state index in [0.717, 1.165) is 26.9 Å². The van der Waals surface area contributed by atoms with Crippen LogP contribution in [0.15, 0.2) is 88.1 Å². The number of aliphatic imine (C=N–C) groups is 1. The molecule has 0 spiro atoms. The van der Waals surface area contributed by atoms with Crippen LogP contribution in [0.2, 0.25) is 5.02 Å². The highest BCUT2D eigenvalue weighted by atomic mass is 35.5. The summed E-state index contributed by atoms with van der Waals surface area (Å²) in [5.74, 6) is 1.30. The van der Waals surface area contributed by atoms with Crippen LogP contribution in [-0.4, -0.2) is 5.90 Å². The second kappa shape index (κ2) is 9.63. The molecule has 0 radical (unpaired) electrons. The monoisotopic (exact) mass is 407 g/mol. The van der Waals surface area contributed by atoms with Crippen molar-refractivity contribution in [3.05, 3.63) is 99.9 Å². The van der Waals surface area contributed by atoms with Crippen molar-refractivity contribution >= 4 is 34.9 Å². The van der Waals surface area contributed by atoms with Gasteiger partial charge in [0.05, 0.1) is 5.69 Å². The normalized spacial score (nSPS) is 11.8. The largest absolute Gasteiger partial charge is 0.439 e. The Morgan fingerprint density at radius 3 is 2.43 bits per heavy atom. The van der Waals surface area contributed by atoms with E-state index in [0.29, 0.717) is 5.90 Å². The van der Waals surface area contributed by atoms with Gasteiger partial charge in [0.1, 0.15) is 5.75 Å². The van der Waals surface area contributed by atoms with E-state index in [1.54, 1.807) is 11.8 Å². The van der Waals surface area contributed by atoms with E-state index in [2.05, 4.69) is 26.0 Å². The molecule has 0 aliphatic rings. The van der Waals surface area contributed by atoms with Crippen LogP contribution in [0.25, 0.3) is 0 Å². The van der Waals surface area contributed by atoms with Crippen molar-refractivity contribution < 1.29 is 4.74 Å². The van der Waals surface area contributed by atoms with Crippen LogP contribution in [0.1, 0.15) is 16.7 Å². The van der Waals surface area contributed by atoms with E-state index in [1.807, 2.05) is 73.0 Å². The number of ether oxygens (including phenoxy) is 1. The van der Waals surface area contributed by atoms with E-state index in [4.69, 9.17) is 21.3 Å². The Labute approximate surface area is 175 Å². The number of hydrogen-bond acceptors (Lipinski definition) is 3. The predicted octanol–water partition coefficient (Wildman–Crippen LogP) is 7.68. The molecule has 4 heteroatoms. The Hall–Kier alpha value is -2.49. The molecule has 2 nitrogen and oxygen atoms in total. The van der Waals surface area contributed by atoms with E-state index in [9.17, 15) is 0 Å². The minimum Gasteiger partial charge on any atom is -0.439 e. The summed E-state index contributed by atoms with van der Waals surface area (Å²) in [5, 5.41) is 2.70. The molecule has 0 saturated carbocycles. The Morgan fingerprint density at radius 1 is 0.929 bits per heavy atom. The summed E-state index contributed by atoms with van der Waals surface area (Å²) in [7, 11) is 0. The Morgan fingerprint density at radius 2 is 1.71 bits per heavy atom. The lowest BCUT2D eigenvalue weighted by atomic mass is 10.1. The predicted molar refractivity (Wildman–Crippen MR) is 121 cm³/mol. The van der Waals surface area contributed by atoms with Gasteiger partial charge >= 0.3 is 0 Å². The van der Waals surface area contributed by atoms with Crippen LogP contribution in [-0.2, 0) is 0 Å². The fourth-order valence-electron chi connectivity index (χ4n) is 2.50. The van der Waals surface area contributed by atoms with Crippen LogP contribution in [0.3, 0.4) is 0 Å². The van der Waals surface area contributed by atoms with Crippen molar-refractivity contribution in [2.45, 2.75) is 25.7 Å². The summed E-state index contributed by atoms with van der Waals surface area (Å²) >= 11 is 7.53. The molecule has 0 atom stereocenters. The number of halogens is 1. The van der Waals surface area contributed by atoms with Crippen molar-refractivity contribution in [2.24, 2.45) is 4.99 Å².